The van der Waals surface area contributed by atoms with Crippen LogP contribution < -0.4 is 10.4 Å². The average Bonchev–Trinajstić information content (AvgIpc) is 2.89. The molecule has 2 aromatic carbocycles. The Hall–Kier alpha value is -1.64. The number of phosphoric ester groups is 1. The number of hydrogen-bond donors (Lipinski definition) is 0. The van der Waals surface area contributed by atoms with Crippen LogP contribution in [0.15, 0.2) is 60.7 Å². The second-order valence-electron chi connectivity index (χ2n) is 9.77. The maximum atomic E-state index is 12.7. The quantitative estimate of drug-likeness (QED) is 0.180. The van der Waals surface area contributed by atoms with E-state index in [2.05, 4.69) is 69.3 Å². The van der Waals surface area contributed by atoms with Crippen LogP contribution in [-0.4, -0.2) is 54.7 Å². The van der Waals surface area contributed by atoms with Crippen LogP contribution in [-0.2, 0) is 32.1 Å². The Morgan fingerprint density at radius 2 is 1.42 bits per heavy atom. The van der Waals surface area contributed by atoms with Crippen LogP contribution in [0.25, 0.3) is 0 Å². The summed E-state index contributed by atoms with van der Waals surface area (Å²) in [4.78, 5) is 12.7. The number of ketones is 1. The maximum absolute atomic E-state index is 12.7. The van der Waals surface area contributed by atoms with Gasteiger partial charge in [0.2, 0.25) is 0 Å². The highest BCUT2D eigenvalue weighted by molar-refractivity contribution is 7.48. The van der Waals surface area contributed by atoms with Gasteiger partial charge in [-0.3, -0.25) is 18.4 Å². The molecule has 0 aromatic heterocycles. The molecule has 0 unspecified atom stereocenters. The third-order valence-electron chi connectivity index (χ3n) is 6.55. The molecule has 0 heterocycles. The summed E-state index contributed by atoms with van der Waals surface area (Å²) in [6.45, 7) is 8.68. The van der Waals surface area contributed by atoms with Crippen molar-refractivity contribution in [1.82, 2.24) is 0 Å². The smallest absolute Gasteiger partial charge is 0.407 e. The van der Waals surface area contributed by atoms with Crippen LogP contribution in [0.4, 0.5) is 0 Å². The van der Waals surface area contributed by atoms with Gasteiger partial charge in [0.05, 0.1) is 6.10 Å². The second kappa shape index (κ2) is 13.8. The number of carbonyl (C=O) groups excluding carboxylic acids is 1. The van der Waals surface area contributed by atoms with Crippen molar-refractivity contribution in [2.45, 2.75) is 51.7 Å². The van der Waals surface area contributed by atoms with Gasteiger partial charge in [0.15, 0.2) is 5.78 Å². The molecule has 7 nitrogen and oxygen atoms in total. The minimum atomic E-state index is -3.71. The molecule has 2 atom stereocenters. The highest BCUT2D eigenvalue weighted by Gasteiger charge is 2.50. The summed E-state index contributed by atoms with van der Waals surface area (Å²) in [6.07, 6.45) is 1.03. The largest absolute Gasteiger partial charge is 0.474 e. The molecule has 36 heavy (non-hydrogen) atoms. The van der Waals surface area contributed by atoms with Crippen molar-refractivity contribution in [1.29, 1.82) is 0 Å². The Labute approximate surface area is 217 Å². The number of rotatable bonds is 15. The molecule has 0 aliphatic carbocycles. The third kappa shape index (κ3) is 7.45. The molecular formula is C27H41O7PSi. The number of phosphoric acid groups is 1. The zero-order valence-corrected chi connectivity index (χ0v) is 24.5. The van der Waals surface area contributed by atoms with E-state index in [1.807, 2.05) is 12.1 Å². The summed E-state index contributed by atoms with van der Waals surface area (Å²) in [5.74, 6) is -0.686. The van der Waals surface area contributed by atoms with E-state index >= 15 is 0 Å². The number of benzene rings is 2. The van der Waals surface area contributed by atoms with Crippen molar-refractivity contribution < 1.29 is 32.1 Å². The predicted molar refractivity (Wildman–Crippen MR) is 145 cm³/mol. The molecule has 0 saturated heterocycles. The summed E-state index contributed by atoms with van der Waals surface area (Å²) < 4.78 is 39.2. The van der Waals surface area contributed by atoms with Crippen molar-refractivity contribution >= 4 is 32.3 Å². The van der Waals surface area contributed by atoms with Gasteiger partial charge in [0.1, 0.15) is 6.61 Å². The minimum Gasteiger partial charge on any atom is -0.407 e. The van der Waals surface area contributed by atoms with E-state index in [0.717, 1.165) is 6.42 Å². The molecular weight excluding hydrogens is 495 g/mol. The van der Waals surface area contributed by atoms with Crippen LogP contribution in [0.1, 0.15) is 40.5 Å². The number of methoxy groups -OCH3 is 1. The normalized spacial score (nSPS) is 14.4. The zero-order valence-electron chi connectivity index (χ0n) is 22.6. The lowest BCUT2D eigenvalue weighted by atomic mass is 9.96. The predicted octanol–water partition coefficient (Wildman–Crippen LogP) is 4.98. The van der Waals surface area contributed by atoms with Crippen LogP contribution in [0.5, 0.6) is 0 Å². The number of carbonyl (C=O) groups is 1. The topological polar surface area (TPSA) is 80.3 Å². The summed E-state index contributed by atoms with van der Waals surface area (Å²) in [7, 11) is -2.31. The monoisotopic (exact) mass is 536 g/mol. The van der Waals surface area contributed by atoms with E-state index in [0.29, 0.717) is 13.0 Å². The highest BCUT2D eigenvalue weighted by Crippen LogP contribution is 2.47. The Bertz CT molecular complexity index is 931. The van der Waals surface area contributed by atoms with Crippen molar-refractivity contribution in [3.05, 3.63) is 60.7 Å². The maximum Gasteiger partial charge on any atom is 0.474 e. The van der Waals surface area contributed by atoms with Gasteiger partial charge in [-0.2, -0.15) is 0 Å². The summed E-state index contributed by atoms with van der Waals surface area (Å²) in [6, 6.07) is 21.0. The number of ether oxygens (including phenoxy) is 1. The molecule has 0 bridgehead atoms. The van der Waals surface area contributed by atoms with Crippen LogP contribution in [0.3, 0.4) is 0 Å². The lowest BCUT2D eigenvalue weighted by Crippen LogP contribution is -2.66. The third-order valence-corrected chi connectivity index (χ3v) is 12.9. The molecule has 200 valence electrons. The summed E-state index contributed by atoms with van der Waals surface area (Å²) in [5.41, 5.74) is 0. The van der Waals surface area contributed by atoms with Gasteiger partial charge in [0, 0.05) is 33.9 Å². The van der Waals surface area contributed by atoms with Gasteiger partial charge in [-0.05, 0) is 28.3 Å². The molecule has 0 amide bonds. The lowest BCUT2D eigenvalue weighted by Gasteiger charge is -2.43. The van der Waals surface area contributed by atoms with E-state index in [4.69, 9.17) is 22.7 Å². The van der Waals surface area contributed by atoms with Gasteiger partial charge >= 0.3 is 7.82 Å². The van der Waals surface area contributed by atoms with Gasteiger partial charge in [0.25, 0.3) is 8.32 Å². The van der Waals surface area contributed by atoms with Crippen molar-refractivity contribution in [3.8, 4) is 0 Å². The Balaban J connectivity index is 2.12. The van der Waals surface area contributed by atoms with Gasteiger partial charge < -0.3 is 9.16 Å². The summed E-state index contributed by atoms with van der Waals surface area (Å²) >= 11 is 0. The van der Waals surface area contributed by atoms with Gasteiger partial charge in [-0.25, -0.2) is 4.57 Å². The van der Waals surface area contributed by atoms with Crippen molar-refractivity contribution in [3.63, 3.8) is 0 Å². The standard InChI is InChI=1S/C27H41O7PSi/c1-22(25(28)21-33-35(29,31-6)32-7)26(30-5)19-14-20-34-36(27(2,3)4,23-15-10-8-11-16-23)24-17-12-9-13-18-24/h8-13,15-18,22,26H,14,19-21H2,1-7H3/t22-,26-/m0/s1. The first-order chi connectivity index (χ1) is 17.0. The van der Waals surface area contributed by atoms with E-state index in [1.54, 1.807) is 14.0 Å². The molecule has 0 fully saturated rings. The SMILES string of the molecule is CO[C@@H](CCCO[Si](c1ccccc1)(c1ccccc1)C(C)(C)C)[C@@H](C)C(=O)COP(=O)(OC)OC. The van der Waals surface area contributed by atoms with Crippen molar-refractivity contribution in [2.24, 2.45) is 5.92 Å². The molecule has 9 heteroatoms. The molecule has 2 aromatic rings. The lowest BCUT2D eigenvalue weighted by molar-refractivity contribution is -0.129. The molecule has 0 saturated carbocycles. The van der Waals surface area contributed by atoms with Gasteiger partial charge in [-0.15, -0.1) is 0 Å². The molecule has 0 radical (unpaired) electrons. The van der Waals surface area contributed by atoms with E-state index in [9.17, 15) is 9.36 Å². The van der Waals surface area contributed by atoms with Crippen LogP contribution >= 0.6 is 7.82 Å². The van der Waals surface area contributed by atoms with Crippen LogP contribution in [0, 0.1) is 5.92 Å². The molecule has 0 spiro atoms. The first-order valence-corrected chi connectivity index (χ1v) is 15.6. The molecule has 0 aliphatic heterocycles. The van der Waals surface area contributed by atoms with Gasteiger partial charge in [-0.1, -0.05) is 88.4 Å². The Kier molecular flexibility index (Phi) is 11.7. The van der Waals surface area contributed by atoms with E-state index in [-0.39, 0.29) is 23.5 Å². The fraction of sp³-hybridized carbons (Fsp3) is 0.519. The fourth-order valence-corrected chi connectivity index (χ4v) is 9.76. The molecule has 2 rings (SSSR count). The fourth-order valence-electron chi connectivity index (χ4n) is 4.50. The molecule has 0 N–H and O–H groups in total. The first-order valence-electron chi connectivity index (χ1n) is 12.2. The number of hydrogen-bond acceptors (Lipinski definition) is 7. The number of Topliss-reactive ketones (excluding diaryl/α,β-unsaturated/α-hetero) is 1. The zero-order chi connectivity index (χ0) is 26.8. The van der Waals surface area contributed by atoms with E-state index < -0.39 is 22.1 Å². The van der Waals surface area contributed by atoms with Crippen molar-refractivity contribution in [2.75, 3.05) is 34.5 Å². The molecule has 0 aliphatic rings. The Morgan fingerprint density at radius 1 is 0.917 bits per heavy atom. The average molecular weight is 537 g/mol. The minimum absolute atomic E-state index is 0.104. The van der Waals surface area contributed by atoms with E-state index in [1.165, 1.54) is 24.6 Å². The Morgan fingerprint density at radius 3 is 1.83 bits per heavy atom. The first kappa shape index (κ1) is 30.6. The van der Waals surface area contributed by atoms with Crippen LogP contribution in [0.2, 0.25) is 5.04 Å². The highest BCUT2D eigenvalue weighted by atomic mass is 31.2. The summed E-state index contributed by atoms with van der Waals surface area (Å²) in [5, 5.41) is 2.36. The second-order valence-corrected chi connectivity index (χ2v) is 16.0.